The van der Waals surface area contributed by atoms with Crippen molar-refractivity contribution in [3.8, 4) is 0 Å². The molecule has 1 aliphatic carbocycles. The van der Waals surface area contributed by atoms with Crippen molar-refractivity contribution < 1.29 is 14.6 Å². The van der Waals surface area contributed by atoms with Gasteiger partial charge in [0.1, 0.15) is 12.3 Å². The van der Waals surface area contributed by atoms with Crippen LogP contribution in [0.5, 0.6) is 0 Å². The largest absolute Gasteiger partial charge is 0.393 e. The quantitative estimate of drug-likeness (QED) is 0.427. The third-order valence-corrected chi connectivity index (χ3v) is 6.49. The van der Waals surface area contributed by atoms with Crippen molar-refractivity contribution in [3.05, 3.63) is 82.4 Å². The minimum atomic E-state index is -1.47. The Bertz CT molecular complexity index is 876. The minimum Gasteiger partial charge on any atom is -0.393 e. The molecule has 33 heavy (non-hydrogen) atoms. The van der Waals surface area contributed by atoms with Crippen molar-refractivity contribution in [2.75, 3.05) is 6.54 Å². The van der Waals surface area contributed by atoms with Crippen LogP contribution in [-0.4, -0.2) is 41.2 Å². The maximum Gasteiger partial charge on any atom is 0.137 e. The molecule has 0 aromatic heterocycles. The molecule has 0 saturated heterocycles. The first-order valence-electron chi connectivity index (χ1n) is 11.7. The number of benzene rings is 2. The normalized spacial score (nSPS) is 25.0. The van der Waals surface area contributed by atoms with Crippen LogP contribution in [-0.2, 0) is 0 Å². The number of alkyl halides is 1. The van der Waals surface area contributed by atoms with Gasteiger partial charge in [-0.3, -0.25) is 0 Å². The second kappa shape index (κ2) is 13.2. The number of rotatable bonds is 7. The van der Waals surface area contributed by atoms with Gasteiger partial charge in [0.05, 0.1) is 6.10 Å². The molecular weight excluding hydrogens is 439 g/mol. The Morgan fingerprint density at radius 3 is 2.24 bits per heavy atom. The van der Waals surface area contributed by atoms with Crippen LogP contribution in [0.1, 0.15) is 62.1 Å². The van der Waals surface area contributed by atoms with Crippen LogP contribution in [0.4, 0.5) is 4.39 Å². The molecule has 0 aliphatic heterocycles. The molecule has 5 unspecified atom stereocenters. The average Bonchev–Trinajstić information content (AvgIpc) is 2.78. The van der Waals surface area contributed by atoms with Gasteiger partial charge in [0.2, 0.25) is 0 Å². The van der Waals surface area contributed by atoms with E-state index in [4.69, 9.17) is 28.2 Å². The highest BCUT2D eigenvalue weighted by molar-refractivity contribution is 6.31. The first-order valence-corrected chi connectivity index (χ1v) is 12.1. The van der Waals surface area contributed by atoms with Crippen LogP contribution in [0.15, 0.2) is 60.7 Å². The van der Waals surface area contributed by atoms with Gasteiger partial charge >= 0.3 is 0 Å². The molecule has 0 amide bonds. The molecule has 2 aromatic rings. The Morgan fingerprint density at radius 2 is 1.73 bits per heavy atom. The summed E-state index contributed by atoms with van der Waals surface area (Å²) >= 11 is 6.46. The van der Waals surface area contributed by atoms with Crippen molar-refractivity contribution in [2.24, 2.45) is 17.4 Å². The lowest BCUT2D eigenvalue weighted by molar-refractivity contribution is 0.0725. The van der Waals surface area contributed by atoms with Crippen molar-refractivity contribution in [1.82, 2.24) is 0 Å². The van der Waals surface area contributed by atoms with Crippen LogP contribution in [0, 0.1) is 5.92 Å². The van der Waals surface area contributed by atoms with Gasteiger partial charge in [0.15, 0.2) is 0 Å². The molecule has 4 nitrogen and oxygen atoms in total. The Kier molecular flexibility index (Phi) is 11.0. The molecule has 0 saturated carbocycles. The summed E-state index contributed by atoms with van der Waals surface area (Å²) in [6.45, 7) is 6.14. The van der Waals surface area contributed by atoms with Gasteiger partial charge in [-0.05, 0) is 43.0 Å². The van der Waals surface area contributed by atoms with E-state index in [1.807, 2.05) is 56.3 Å². The molecule has 182 valence electrons. The van der Waals surface area contributed by atoms with E-state index < -0.39 is 18.2 Å². The molecule has 1 aliphatic rings. The van der Waals surface area contributed by atoms with Crippen LogP contribution in [0.2, 0.25) is 5.02 Å². The van der Waals surface area contributed by atoms with Gasteiger partial charge in [0.25, 0.3) is 0 Å². The maximum atomic E-state index is 15.0. The van der Waals surface area contributed by atoms with E-state index >= 15 is 4.39 Å². The van der Waals surface area contributed by atoms with E-state index in [0.29, 0.717) is 17.1 Å². The van der Waals surface area contributed by atoms with Crippen molar-refractivity contribution >= 4 is 11.6 Å². The highest BCUT2D eigenvalue weighted by atomic mass is 35.5. The summed E-state index contributed by atoms with van der Waals surface area (Å²) in [4.78, 5) is 0. The standard InChI is InChI=1S/C22H26ClFN2O.C5H12O/c1-13(26)16-8-10-20(27)22(24)21(16)17-11-15(7-9-19(17)23)18(12-25)14-5-3-2-4-6-14;1-3-4-5(2)6/h2-11,13,16,18,20-22,27H,12,25-26H2,1H3;5-6H,3-4H2,1-2H3/t13-,16?,18?,20?,21?,22?;5-/m01/s1. The third-order valence-electron chi connectivity index (χ3n) is 6.15. The number of halogens is 2. The number of hydrogen-bond acceptors (Lipinski definition) is 4. The number of aliphatic hydroxyl groups is 2. The SMILES string of the molecule is CCC[C@@H](C)O.C[C@H](N)C1C=CC(O)C(F)C1c1cc(C(CN)c2ccccc2)ccc1Cl. The maximum absolute atomic E-state index is 15.0. The van der Waals surface area contributed by atoms with Crippen LogP contribution < -0.4 is 11.5 Å². The lowest BCUT2D eigenvalue weighted by atomic mass is 9.73. The van der Waals surface area contributed by atoms with Gasteiger partial charge in [-0.15, -0.1) is 0 Å². The Hall–Kier alpha value is -1.76. The minimum absolute atomic E-state index is 0.0157. The fourth-order valence-corrected chi connectivity index (χ4v) is 4.62. The fraction of sp³-hybridized carbons (Fsp3) is 0.481. The lowest BCUT2D eigenvalue weighted by Crippen LogP contribution is -2.41. The molecule has 6 N–H and O–H groups in total. The van der Waals surface area contributed by atoms with E-state index in [1.54, 1.807) is 12.1 Å². The summed E-state index contributed by atoms with van der Waals surface area (Å²) in [6.07, 6.45) is 2.57. The third kappa shape index (κ3) is 7.36. The van der Waals surface area contributed by atoms with Gasteiger partial charge in [0, 0.05) is 35.4 Å². The predicted octanol–water partition coefficient (Wildman–Crippen LogP) is 4.91. The van der Waals surface area contributed by atoms with Crippen molar-refractivity contribution in [2.45, 2.75) is 69.9 Å². The van der Waals surface area contributed by atoms with Crippen molar-refractivity contribution in [3.63, 3.8) is 0 Å². The second-order valence-electron chi connectivity index (χ2n) is 8.90. The van der Waals surface area contributed by atoms with Gasteiger partial charge in [-0.25, -0.2) is 4.39 Å². The topological polar surface area (TPSA) is 92.5 Å². The molecule has 0 radical (unpaired) electrons. The predicted molar refractivity (Wildman–Crippen MR) is 135 cm³/mol. The summed E-state index contributed by atoms with van der Waals surface area (Å²) in [5.74, 6) is -0.867. The molecule has 0 spiro atoms. The summed E-state index contributed by atoms with van der Waals surface area (Å²) in [5, 5.41) is 19.1. The van der Waals surface area contributed by atoms with Crippen LogP contribution in [0.3, 0.4) is 0 Å². The van der Waals surface area contributed by atoms with Crippen molar-refractivity contribution in [1.29, 1.82) is 0 Å². The van der Waals surface area contributed by atoms with Crippen LogP contribution in [0.25, 0.3) is 0 Å². The summed E-state index contributed by atoms with van der Waals surface area (Å²) < 4.78 is 15.0. The highest BCUT2D eigenvalue weighted by Gasteiger charge is 2.39. The fourth-order valence-electron chi connectivity index (χ4n) is 4.38. The highest BCUT2D eigenvalue weighted by Crippen LogP contribution is 2.42. The lowest BCUT2D eigenvalue weighted by Gasteiger charge is -2.36. The molecule has 7 atom stereocenters. The zero-order valence-corrected chi connectivity index (χ0v) is 20.5. The summed E-state index contributed by atoms with van der Waals surface area (Å²) in [5.41, 5.74) is 14.9. The average molecular weight is 477 g/mol. The molecule has 0 fully saturated rings. The van der Waals surface area contributed by atoms with Gasteiger partial charge in [-0.2, -0.15) is 0 Å². The summed E-state index contributed by atoms with van der Waals surface area (Å²) in [7, 11) is 0. The van der Waals surface area contributed by atoms with E-state index in [9.17, 15) is 5.11 Å². The number of nitrogens with two attached hydrogens (primary N) is 2. The zero-order valence-electron chi connectivity index (χ0n) is 19.7. The van der Waals surface area contributed by atoms with E-state index in [1.165, 1.54) is 6.08 Å². The van der Waals surface area contributed by atoms with E-state index in [2.05, 4.69) is 6.92 Å². The molecule has 6 heteroatoms. The first-order chi connectivity index (χ1) is 15.7. The summed E-state index contributed by atoms with van der Waals surface area (Å²) in [6, 6.07) is 15.3. The Labute approximate surface area is 202 Å². The molecule has 0 bridgehead atoms. The monoisotopic (exact) mass is 476 g/mol. The first kappa shape index (κ1) is 27.5. The van der Waals surface area contributed by atoms with Gasteiger partial charge < -0.3 is 21.7 Å². The molecule has 0 heterocycles. The van der Waals surface area contributed by atoms with E-state index in [-0.39, 0.29) is 24.0 Å². The number of hydrogen-bond donors (Lipinski definition) is 4. The molecular formula is C27H38ClFN2O2. The second-order valence-corrected chi connectivity index (χ2v) is 9.31. The molecule has 2 aromatic carbocycles. The smallest absolute Gasteiger partial charge is 0.137 e. The van der Waals surface area contributed by atoms with E-state index in [0.717, 1.165) is 24.0 Å². The van der Waals surface area contributed by atoms with Gasteiger partial charge in [-0.1, -0.05) is 79.6 Å². The van der Waals surface area contributed by atoms with Crippen LogP contribution >= 0.6 is 11.6 Å². The molecule has 3 rings (SSSR count). The Balaban J connectivity index is 0.000000569. The zero-order chi connectivity index (χ0) is 24.5. The Morgan fingerprint density at radius 1 is 1.06 bits per heavy atom. The number of aliphatic hydroxyl groups excluding tert-OH is 2.